The molecule has 1 aliphatic heterocycles. The zero-order valence-electron chi connectivity index (χ0n) is 16.8. The predicted octanol–water partition coefficient (Wildman–Crippen LogP) is 3.51. The van der Waals surface area contributed by atoms with Gasteiger partial charge in [0.15, 0.2) is 0 Å². The van der Waals surface area contributed by atoms with Crippen molar-refractivity contribution in [2.45, 2.75) is 20.0 Å². The normalized spacial score (nSPS) is 15.6. The molecule has 1 aromatic heterocycles. The van der Waals surface area contributed by atoms with Crippen molar-refractivity contribution in [2.24, 2.45) is 0 Å². The summed E-state index contributed by atoms with van der Waals surface area (Å²) in [4.78, 5) is 4.60. The van der Waals surface area contributed by atoms with Crippen LogP contribution in [0.5, 0.6) is 5.75 Å². The van der Waals surface area contributed by atoms with E-state index >= 15 is 0 Å². The number of benzene rings is 2. The highest BCUT2D eigenvalue weighted by atomic mass is 19.1. The van der Waals surface area contributed by atoms with Gasteiger partial charge in [-0.05, 0) is 37.3 Å². The van der Waals surface area contributed by atoms with Crippen LogP contribution in [-0.2, 0) is 13.1 Å². The quantitative estimate of drug-likeness (QED) is 0.636. The Labute approximate surface area is 169 Å². The molecule has 1 aliphatic rings. The zero-order chi connectivity index (χ0) is 20.2. The monoisotopic (exact) mass is 396 g/mol. The van der Waals surface area contributed by atoms with Crippen LogP contribution in [0.2, 0.25) is 0 Å². The van der Waals surface area contributed by atoms with Gasteiger partial charge < -0.3 is 9.15 Å². The SMILES string of the molecule is COc1ccc(F)cc1CN1CCN(Cc2nnc(-c3cccc(C)c3)o2)CC1. The Morgan fingerprint density at radius 2 is 1.76 bits per heavy atom. The molecule has 0 spiro atoms. The van der Waals surface area contributed by atoms with Gasteiger partial charge in [0.2, 0.25) is 11.8 Å². The maximum atomic E-state index is 13.6. The van der Waals surface area contributed by atoms with Gasteiger partial charge in [0, 0.05) is 43.9 Å². The number of halogens is 1. The van der Waals surface area contributed by atoms with Gasteiger partial charge in [0.1, 0.15) is 11.6 Å². The second-order valence-corrected chi connectivity index (χ2v) is 7.38. The first-order chi connectivity index (χ1) is 14.1. The molecule has 152 valence electrons. The Kier molecular flexibility index (Phi) is 5.87. The number of aryl methyl sites for hydroxylation is 1. The second-order valence-electron chi connectivity index (χ2n) is 7.38. The minimum absolute atomic E-state index is 0.236. The summed E-state index contributed by atoms with van der Waals surface area (Å²) in [6, 6.07) is 12.7. The molecule has 1 saturated heterocycles. The van der Waals surface area contributed by atoms with Crippen LogP contribution in [0.1, 0.15) is 17.0 Å². The number of rotatable bonds is 6. The van der Waals surface area contributed by atoms with E-state index in [1.54, 1.807) is 19.2 Å². The average molecular weight is 396 g/mol. The van der Waals surface area contributed by atoms with Crippen LogP contribution in [0, 0.1) is 12.7 Å². The molecule has 2 heterocycles. The molecule has 0 atom stereocenters. The lowest BCUT2D eigenvalue weighted by molar-refractivity contribution is 0.114. The van der Waals surface area contributed by atoms with E-state index in [2.05, 4.69) is 20.0 Å². The number of aromatic nitrogens is 2. The van der Waals surface area contributed by atoms with Gasteiger partial charge in [-0.25, -0.2) is 4.39 Å². The molecule has 0 saturated carbocycles. The summed E-state index contributed by atoms with van der Waals surface area (Å²) >= 11 is 0. The Balaban J connectivity index is 1.32. The van der Waals surface area contributed by atoms with Crippen LogP contribution in [0.3, 0.4) is 0 Å². The third kappa shape index (κ3) is 4.81. The van der Waals surface area contributed by atoms with Crippen LogP contribution in [0.25, 0.3) is 11.5 Å². The summed E-state index contributed by atoms with van der Waals surface area (Å²) in [5, 5.41) is 8.39. The van der Waals surface area contributed by atoms with E-state index in [4.69, 9.17) is 9.15 Å². The summed E-state index contributed by atoms with van der Waals surface area (Å²) in [5.41, 5.74) is 2.98. The first-order valence-corrected chi connectivity index (χ1v) is 9.77. The van der Waals surface area contributed by atoms with Gasteiger partial charge in [0.25, 0.3) is 0 Å². The van der Waals surface area contributed by atoms with Crippen molar-refractivity contribution in [3.05, 3.63) is 65.3 Å². The fraction of sp³-hybridized carbons (Fsp3) is 0.364. The molecule has 4 rings (SSSR count). The smallest absolute Gasteiger partial charge is 0.247 e. The number of methoxy groups -OCH3 is 1. The van der Waals surface area contributed by atoms with Crippen LogP contribution in [-0.4, -0.2) is 53.3 Å². The van der Waals surface area contributed by atoms with Crippen molar-refractivity contribution < 1.29 is 13.5 Å². The Bertz CT molecular complexity index is 967. The molecule has 0 amide bonds. The number of nitrogens with zero attached hydrogens (tertiary/aromatic N) is 4. The van der Waals surface area contributed by atoms with Crippen LogP contribution in [0.15, 0.2) is 46.9 Å². The lowest BCUT2D eigenvalue weighted by Gasteiger charge is -2.34. The largest absolute Gasteiger partial charge is 0.496 e. The molecule has 0 N–H and O–H groups in total. The van der Waals surface area contributed by atoms with E-state index in [1.807, 2.05) is 31.2 Å². The Morgan fingerprint density at radius 1 is 1.00 bits per heavy atom. The maximum Gasteiger partial charge on any atom is 0.247 e. The highest BCUT2D eigenvalue weighted by Crippen LogP contribution is 2.23. The van der Waals surface area contributed by atoms with E-state index in [0.29, 0.717) is 24.9 Å². The van der Waals surface area contributed by atoms with Gasteiger partial charge in [-0.3, -0.25) is 9.80 Å². The van der Waals surface area contributed by atoms with Crippen molar-refractivity contribution in [3.63, 3.8) is 0 Å². The highest BCUT2D eigenvalue weighted by molar-refractivity contribution is 5.53. The fourth-order valence-corrected chi connectivity index (χ4v) is 3.62. The van der Waals surface area contributed by atoms with Crippen molar-refractivity contribution in [1.29, 1.82) is 0 Å². The number of hydrogen-bond donors (Lipinski definition) is 0. The Morgan fingerprint density at radius 3 is 2.48 bits per heavy atom. The molecule has 0 bridgehead atoms. The highest BCUT2D eigenvalue weighted by Gasteiger charge is 2.20. The molecular weight excluding hydrogens is 371 g/mol. The molecule has 3 aromatic rings. The lowest BCUT2D eigenvalue weighted by atomic mass is 10.1. The standard InChI is InChI=1S/C22H25FN4O2/c1-16-4-3-5-17(12-16)22-25-24-21(29-22)15-27-10-8-26(9-11-27)14-18-13-19(23)6-7-20(18)28-2/h3-7,12-13H,8-11,14-15H2,1-2H3. The van der Waals surface area contributed by atoms with Crippen LogP contribution in [0.4, 0.5) is 4.39 Å². The lowest BCUT2D eigenvalue weighted by Crippen LogP contribution is -2.45. The number of hydrogen-bond acceptors (Lipinski definition) is 6. The van der Waals surface area contributed by atoms with E-state index in [9.17, 15) is 4.39 Å². The molecule has 0 aliphatic carbocycles. The molecule has 6 nitrogen and oxygen atoms in total. The molecule has 0 unspecified atom stereocenters. The Hall–Kier alpha value is -2.77. The van der Waals surface area contributed by atoms with Crippen molar-refractivity contribution >= 4 is 0 Å². The summed E-state index contributed by atoms with van der Waals surface area (Å²) in [7, 11) is 1.62. The van der Waals surface area contributed by atoms with Crippen molar-refractivity contribution in [3.8, 4) is 17.2 Å². The third-order valence-corrected chi connectivity index (χ3v) is 5.19. The summed E-state index contributed by atoms with van der Waals surface area (Å²) < 4.78 is 24.8. The van der Waals surface area contributed by atoms with Crippen LogP contribution >= 0.6 is 0 Å². The average Bonchev–Trinajstić information content (AvgIpc) is 3.18. The molecule has 7 heteroatoms. The topological polar surface area (TPSA) is 54.6 Å². The van der Waals surface area contributed by atoms with Crippen molar-refractivity contribution in [2.75, 3.05) is 33.3 Å². The summed E-state index contributed by atoms with van der Waals surface area (Å²) in [6.07, 6.45) is 0. The molecule has 1 fully saturated rings. The number of ether oxygens (including phenoxy) is 1. The molecular formula is C22H25FN4O2. The zero-order valence-corrected chi connectivity index (χ0v) is 16.8. The van der Waals surface area contributed by atoms with Crippen LogP contribution < -0.4 is 4.74 Å². The van der Waals surface area contributed by atoms with Gasteiger partial charge in [-0.2, -0.15) is 0 Å². The number of piperazine rings is 1. The van der Waals surface area contributed by atoms with Gasteiger partial charge >= 0.3 is 0 Å². The van der Waals surface area contributed by atoms with Gasteiger partial charge in [-0.1, -0.05) is 17.7 Å². The van der Waals surface area contributed by atoms with Gasteiger partial charge in [0.05, 0.1) is 13.7 Å². The fourth-order valence-electron chi connectivity index (χ4n) is 3.62. The summed E-state index contributed by atoms with van der Waals surface area (Å²) in [6.45, 7) is 6.90. The van der Waals surface area contributed by atoms with E-state index in [1.165, 1.54) is 6.07 Å². The third-order valence-electron chi connectivity index (χ3n) is 5.19. The van der Waals surface area contributed by atoms with E-state index in [-0.39, 0.29) is 5.82 Å². The van der Waals surface area contributed by atoms with E-state index < -0.39 is 0 Å². The minimum atomic E-state index is -0.236. The maximum absolute atomic E-state index is 13.6. The molecule has 29 heavy (non-hydrogen) atoms. The second kappa shape index (κ2) is 8.71. The molecule has 2 aromatic carbocycles. The minimum Gasteiger partial charge on any atom is -0.496 e. The first kappa shape index (κ1) is 19.5. The van der Waals surface area contributed by atoms with Gasteiger partial charge in [-0.15, -0.1) is 10.2 Å². The van der Waals surface area contributed by atoms with Crippen molar-refractivity contribution in [1.82, 2.24) is 20.0 Å². The molecule has 0 radical (unpaired) electrons. The van der Waals surface area contributed by atoms with E-state index in [0.717, 1.165) is 48.6 Å². The first-order valence-electron chi connectivity index (χ1n) is 9.77. The predicted molar refractivity (Wildman–Crippen MR) is 108 cm³/mol. The summed E-state index contributed by atoms with van der Waals surface area (Å²) in [5.74, 6) is 1.67.